The van der Waals surface area contributed by atoms with Crippen LogP contribution in [0.4, 0.5) is 10.5 Å². The number of nitrogens with zero attached hydrogens (tertiary/aromatic N) is 1. The summed E-state index contributed by atoms with van der Waals surface area (Å²) in [7, 11) is 1.52. The number of hydrogen-bond donors (Lipinski definition) is 2. The molecular formula is C19H18BrN3O4. The molecule has 27 heavy (non-hydrogen) atoms. The molecule has 1 saturated heterocycles. The molecule has 0 unspecified atom stereocenters. The summed E-state index contributed by atoms with van der Waals surface area (Å²) in [5.74, 6) is -0.382. The molecule has 2 aromatic rings. The lowest BCUT2D eigenvalue weighted by molar-refractivity contribution is -0.133. The summed E-state index contributed by atoms with van der Waals surface area (Å²) in [6.07, 6.45) is 0. The molecule has 0 radical (unpaired) electrons. The molecular weight excluding hydrogens is 414 g/mol. The highest BCUT2D eigenvalue weighted by Gasteiger charge is 2.50. The van der Waals surface area contributed by atoms with Crippen LogP contribution in [0.15, 0.2) is 53.0 Å². The fraction of sp³-hybridized carbons (Fsp3) is 0.211. The van der Waals surface area contributed by atoms with Crippen LogP contribution in [0, 0.1) is 0 Å². The Bertz CT molecular complexity index is 917. The lowest BCUT2D eigenvalue weighted by Crippen LogP contribution is -2.42. The zero-order valence-electron chi connectivity index (χ0n) is 14.8. The van der Waals surface area contributed by atoms with Gasteiger partial charge in [-0.15, -0.1) is 0 Å². The molecule has 0 bridgehead atoms. The summed E-state index contributed by atoms with van der Waals surface area (Å²) >= 11 is 3.40. The van der Waals surface area contributed by atoms with E-state index in [1.54, 1.807) is 49.4 Å². The van der Waals surface area contributed by atoms with Gasteiger partial charge in [0.1, 0.15) is 17.8 Å². The molecule has 1 atom stereocenters. The number of anilines is 1. The second-order valence-corrected chi connectivity index (χ2v) is 7.06. The van der Waals surface area contributed by atoms with Gasteiger partial charge in [-0.3, -0.25) is 14.5 Å². The van der Waals surface area contributed by atoms with Gasteiger partial charge in [-0.1, -0.05) is 40.2 Å². The Morgan fingerprint density at radius 2 is 1.96 bits per heavy atom. The van der Waals surface area contributed by atoms with E-state index in [1.165, 1.54) is 7.11 Å². The molecule has 0 aliphatic carbocycles. The van der Waals surface area contributed by atoms with Gasteiger partial charge in [-0.25, -0.2) is 4.79 Å². The average Bonchev–Trinajstić information content (AvgIpc) is 2.86. The molecule has 140 valence electrons. The molecule has 0 saturated carbocycles. The highest BCUT2D eigenvalue weighted by molar-refractivity contribution is 9.10. The minimum atomic E-state index is -1.24. The molecule has 1 aliphatic rings. The first-order chi connectivity index (χ1) is 12.8. The van der Waals surface area contributed by atoms with Crippen molar-refractivity contribution in [2.24, 2.45) is 0 Å². The summed E-state index contributed by atoms with van der Waals surface area (Å²) in [5, 5.41) is 5.34. The minimum Gasteiger partial charge on any atom is -0.497 e. The molecule has 0 aromatic heterocycles. The van der Waals surface area contributed by atoms with Gasteiger partial charge in [0.05, 0.1) is 7.11 Å². The highest BCUT2D eigenvalue weighted by atomic mass is 79.9. The van der Waals surface area contributed by atoms with E-state index in [4.69, 9.17) is 4.74 Å². The first-order valence-electron chi connectivity index (χ1n) is 8.18. The van der Waals surface area contributed by atoms with Gasteiger partial charge >= 0.3 is 6.03 Å². The Kier molecular flexibility index (Phi) is 5.18. The Morgan fingerprint density at radius 1 is 1.22 bits per heavy atom. The maximum Gasteiger partial charge on any atom is 0.325 e. The van der Waals surface area contributed by atoms with Crippen LogP contribution in [0.1, 0.15) is 12.5 Å². The van der Waals surface area contributed by atoms with E-state index >= 15 is 0 Å². The van der Waals surface area contributed by atoms with Gasteiger partial charge in [0.15, 0.2) is 0 Å². The van der Waals surface area contributed by atoms with Crippen molar-refractivity contribution in [3.05, 3.63) is 58.6 Å². The van der Waals surface area contributed by atoms with Gasteiger partial charge in [0.2, 0.25) is 5.91 Å². The summed E-state index contributed by atoms with van der Waals surface area (Å²) in [4.78, 5) is 38.5. The molecule has 3 rings (SSSR count). The Morgan fingerprint density at radius 3 is 2.67 bits per heavy atom. The zero-order chi connectivity index (χ0) is 19.6. The molecule has 4 amide bonds. The van der Waals surface area contributed by atoms with Crippen molar-refractivity contribution in [1.82, 2.24) is 10.2 Å². The smallest absolute Gasteiger partial charge is 0.325 e. The number of rotatable bonds is 5. The number of amides is 4. The number of imide groups is 1. The van der Waals surface area contributed by atoms with Crippen molar-refractivity contribution in [2.45, 2.75) is 12.5 Å². The molecule has 8 heteroatoms. The van der Waals surface area contributed by atoms with Crippen LogP contribution in [0.3, 0.4) is 0 Å². The second-order valence-electron chi connectivity index (χ2n) is 6.21. The van der Waals surface area contributed by atoms with E-state index in [1.807, 2.05) is 6.07 Å². The monoisotopic (exact) mass is 431 g/mol. The number of urea groups is 1. The number of benzene rings is 2. The van der Waals surface area contributed by atoms with Crippen LogP contribution in [0.25, 0.3) is 0 Å². The first kappa shape index (κ1) is 18.9. The van der Waals surface area contributed by atoms with Crippen LogP contribution >= 0.6 is 15.9 Å². The lowest BCUT2D eigenvalue weighted by atomic mass is 9.92. The normalized spacial score (nSPS) is 19.0. The van der Waals surface area contributed by atoms with Crippen LogP contribution in [-0.2, 0) is 15.1 Å². The van der Waals surface area contributed by atoms with Crippen molar-refractivity contribution < 1.29 is 19.1 Å². The van der Waals surface area contributed by atoms with Crippen LogP contribution in [-0.4, -0.2) is 36.4 Å². The van der Waals surface area contributed by atoms with Crippen LogP contribution in [0.5, 0.6) is 5.75 Å². The van der Waals surface area contributed by atoms with Crippen LogP contribution in [0.2, 0.25) is 0 Å². The minimum absolute atomic E-state index is 0.387. The molecule has 0 spiro atoms. The Labute approximate surface area is 164 Å². The fourth-order valence-corrected chi connectivity index (χ4v) is 3.62. The largest absolute Gasteiger partial charge is 0.497 e. The van der Waals surface area contributed by atoms with Gasteiger partial charge in [0.25, 0.3) is 5.91 Å². The number of methoxy groups -OCH3 is 1. The molecule has 2 aromatic carbocycles. The van der Waals surface area contributed by atoms with Crippen molar-refractivity contribution in [2.75, 3.05) is 19.0 Å². The van der Waals surface area contributed by atoms with E-state index in [9.17, 15) is 14.4 Å². The number of nitrogens with one attached hydrogen (secondary N) is 2. The molecule has 1 aliphatic heterocycles. The number of halogens is 1. The summed E-state index contributed by atoms with van der Waals surface area (Å²) < 4.78 is 5.81. The van der Waals surface area contributed by atoms with Crippen molar-refractivity contribution in [1.29, 1.82) is 0 Å². The van der Waals surface area contributed by atoms with E-state index in [-0.39, 0.29) is 6.54 Å². The SMILES string of the molecule is COc1cccc(NC(=O)CN2C(=O)N[C@](C)(c3ccccc3Br)C2=O)c1. The van der Waals surface area contributed by atoms with E-state index in [2.05, 4.69) is 26.6 Å². The van der Waals surface area contributed by atoms with E-state index in [0.29, 0.717) is 21.5 Å². The predicted molar refractivity (Wildman–Crippen MR) is 103 cm³/mol. The van der Waals surface area contributed by atoms with E-state index < -0.39 is 23.4 Å². The third kappa shape index (κ3) is 3.66. The van der Waals surface area contributed by atoms with Crippen LogP contribution < -0.4 is 15.4 Å². The molecule has 1 fully saturated rings. The predicted octanol–water partition coefficient (Wildman–Crippen LogP) is 2.86. The van der Waals surface area contributed by atoms with E-state index in [0.717, 1.165) is 4.90 Å². The second kappa shape index (κ2) is 7.40. The van der Waals surface area contributed by atoms with Gasteiger partial charge in [0, 0.05) is 21.8 Å². The number of hydrogen-bond acceptors (Lipinski definition) is 4. The quantitative estimate of drug-likeness (QED) is 0.712. The fourth-order valence-electron chi connectivity index (χ4n) is 2.93. The van der Waals surface area contributed by atoms with Crippen molar-refractivity contribution in [3.63, 3.8) is 0 Å². The first-order valence-corrected chi connectivity index (χ1v) is 8.97. The summed E-state index contributed by atoms with van der Waals surface area (Å²) in [5.41, 5.74) is -0.105. The van der Waals surface area contributed by atoms with Crippen molar-refractivity contribution in [3.8, 4) is 5.75 Å². The Hall–Kier alpha value is -2.87. The molecule has 2 N–H and O–H groups in total. The third-order valence-corrected chi connectivity index (χ3v) is 5.03. The summed E-state index contributed by atoms with van der Waals surface area (Å²) in [6, 6.07) is 13.3. The van der Waals surface area contributed by atoms with Gasteiger partial charge in [-0.05, 0) is 25.1 Å². The maximum absolute atomic E-state index is 12.9. The zero-order valence-corrected chi connectivity index (χ0v) is 16.4. The standard InChI is InChI=1S/C19H18BrN3O4/c1-19(14-8-3-4-9-15(14)20)17(25)23(18(26)22-19)11-16(24)21-12-6-5-7-13(10-12)27-2/h3-10H,11H2,1-2H3,(H,21,24)(H,22,26)/t19-/m1/s1. The van der Waals surface area contributed by atoms with Gasteiger partial charge in [-0.2, -0.15) is 0 Å². The molecule has 7 nitrogen and oxygen atoms in total. The maximum atomic E-state index is 12.9. The third-order valence-electron chi connectivity index (χ3n) is 4.34. The lowest BCUT2D eigenvalue weighted by Gasteiger charge is -2.23. The van der Waals surface area contributed by atoms with Gasteiger partial charge < -0.3 is 15.4 Å². The topological polar surface area (TPSA) is 87.7 Å². The highest BCUT2D eigenvalue weighted by Crippen LogP contribution is 2.33. The number of ether oxygens (including phenoxy) is 1. The number of carbonyl (C=O) groups excluding carboxylic acids is 3. The summed E-state index contributed by atoms with van der Waals surface area (Å²) in [6.45, 7) is 1.23. The molecule has 1 heterocycles. The number of carbonyl (C=O) groups is 3. The Balaban J connectivity index is 1.75. The average molecular weight is 432 g/mol. The van der Waals surface area contributed by atoms with Crippen molar-refractivity contribution >= 4 is 39.5 Å².